The summed E-state index contributed by atoms with van der Waals surface area (Å²) in [5, 5.41) is 0. The number of nitrogens with two attached hydrogens (primary N) is 1. The molecule has 2 rings (SSSR count). The van der Waals surface area contributed by atoms with E-state index in [1.807, 2.05) is 6.20 Å². The summed E-state index contributed by atoms with van der Waals surface area (Å²) in [7, 11) is 0. The maximum absolute atomic E-state index is 5.65. The van der Waals surface area contributed by atoms with Crippen LogP contribution in [0.4, 0.5) is 0 Å². The number of halogens is 1. The molecule has 0 radical (unpaired) electrons. The smallest absolute Gasteiger partial charge is 0.131 e. The Morgan fingerprint density at radius 3 is 2.75 bits per heavy atom. The Morgan fingerprint density at radius 1 is 1.50 bits per heavy atom. The predicted octanol–water partition coefficient (Wildman–Crippen LogP) is 2.74. The van der Waals surface area contributed by atoms with Crippen LogP contribution in [-0.4, -0.2) is 16.5 Å². The zero-order valence-electron chi connectivity index (χ0n) is 9.83. The van der Waals surface area contributed by atoms with Crippen molar-refractivity contribution in [3.05, 3.63) is 22.2 Å². The topological polar surface area (TPSA) is 51.8 Å². The molecule has 0 aliphatic heterocycles. The third-order valence-corrected chi connectivity index (χ3v) is 3.70. The van der Waals surface area contributed by atoms with E-state index in [2.05, 4.69) is 34.8 Å². The number of rotatable bonds is 4. The number of hydrogen-bond donors (Lipinski definition) is 1. The van der Waals surface area contributed by atoms with E-state index in [0.29, 0.717) is 12.5 Å². The molecule has 3 nitrogen and oxygen atoms in total. The second-order valence-corrected chi connectivity index (χ2v) is 5.98. The van der Waals surface area contributed by atoms with E-state index >= 15 is 0 Å². The summed E-state index contributed by atoms with van der Waals surface area (Å²) in [4.78, 5) is 9.10. The number of hydrogen-bond acceptors (Lipinski definition) is 3. The van der Waals surface area contributed by atoms with Crippen LogP contribution in [0.2, 0.25) is 0 Å². The molecule has 0 aromatic carbocycles. The van der Waals surface area contributed by atoms with Gasteiger partial charge in [-0.1, -0.05) is 13.8 Å². The highest BCUT2D eigenvalue weighted by molar-refractivity contribution is 9.10. The molecule has 4 heteroatoms. The van der Waals surface area contributed by atoms with Crippen LogP contribution in [0.1, 0.15) is 50.5 Å². The molecule has 0 amide bonds. The Hall–Kier alpha value is -0.480. The van der Waals surface area contributed by atoms with Gasteiger partial charge in [0.2, 0.25) is 0 Å². The molecule has 1 aliphatic carbocycles. The molecule has 88 valence electrons. The number of nitrogens with zero attached hydrogens (tertiary/aromatic N) is 2. The van der Waals surface area contributed by atoms with Crippen molar-refractivity contribution in [1.82, 2.24) is 9.97 Å². The van der Waals surface area contributed by atoms with Crippen LogP contribution >= 0.6 is 15.9 Å². The van der Waals surface area contributed by atoms with Gasteiger partial charge in [0.25, 0.3) is 0 Å². The summed E-state index contributed by atoms with van der Waals surface area (Å²) in [6.45, 7) is 5.05. The minimum atomic E-state index is 0.0141. The van der Waals surface area contributed by atoms with E-state index in [1.165, 1.54) is 12.8 Å². The molecule has 0 unspecified atom stereocenters. The van der Waals surface area contributed by atoms with Gasteiger partial charge in [-0.2, -0.15) is 0 Å². The van der Waals surface area contributed by atoms with Gasteiger partial charge < -0.3 is 5.73 Å². The SMILES string of the molecule is CC(C)(CCN)c1nc(C2CC2)ncc1Br. The van der Waals surface area contributed by atoms with Gasteiger partial charge in [0.15, 0.2) is 0 Å². The average molecular weight is 284 g/mol. The van der Waals surface area contributed by atoms with Crippen molar-refractivity contribution in [2.75, 3.05) is 6.54 Å². The average Bonchev–Trinajstić information content (AvgIpc) is 3.01. The van der Waals surface area contributed by atoms with E-state index in [1.54, 1.807) is 0 Å². The van der Waals surface area contributed by atoms with Gasteiger partial charge in [-0.3, -0.25) is 0 Å². The lowest BCUT2D eigenvalue weighted by Crippen LogP contribution is -2.24. The van der Waals surface area contributed by atoms with Crippen molar-refractivity contribution < 1.29 is 0 Å². The lowest BCUT2D eigenvalue weighted by molar-refractivity contribution is 0.467. The highest BCUT2D eigenvalue weighted by Gasteiger charge is 2.30. The van der Waals surface area contributed by atoms with Crippen LogP contribution in [0.3, 0.4) is 0 Å². The predicted molar refractivity (Wildman–Crippen MR) is 68.4 cm³/mol. The normalized spacial score (nSPS) is 16.5. The third-order valence-electron chi connectivity index (χ3n) is 3.12. The molecule has 1 fully saturated rings. The van der Waals surface area contributed by atoms with E-state index in [-0.39, 0.29) is 5.41 Å². The Bertz CT molecular complexity index is 386. The Kier molecular flexibility index (Phi) is 3.31. The fourth-order valence-corrected chi connectivity index (χ4v) is 2.60. The van der Waals surface area contributed by atoms with Crippen LogP contribution < -0.4 is 5.73 Å². The molecule has 16 heavy (non-hydrogen) atoms. The van der Waals surface area contributed by atoms with Gasteiger partial charge >= 0.3 is 0 Å². The first-order valence-electron chi connectivity index (χ1n) is 5.77. The zero-order valence-corrected chi connectivity index (χ0v) is 11.4. The molecule has 0 bridgehead atoms. The van der Waals surface area contributed by atoms with Gasteiger partial charge in [0.05, 0.1) is 10.2 Å². The van der Waals surface area contributed by atoms with Crippen LogP contribution in [0.5, 0.6) is 0 Å². The zero-order chi connectivity index (χ0) is 11.8. The standard InChI is InChI=1S/C12H18BrN3/c1-12(2,5-6-14)10-9(13)7-15-11(16-10)8-3-4-8/h7-8H,3-6,14H2,1-2H3. The fourth-order valence-electron chi connectivity index (χ4n) is 1.87. The quantitative estimate of drug-likeness (QED) is 0.925. The molecular weight excluding hydrogens is 266 g/mol. The monoisotopic (exact) mass is 283 g/mol. The highest BCUT2D eigenvalue weighted by Crippen LogP contribution is 2.39. The van der Waals surface area contributed by atoms with E-state index in [4.69, 9.17) is 10.7 Å². The van der Waals surface area contributed by atoms with Gasteiger partial charge in [-0.15, -0.1) is 0 Å². The molecule has 1 saturated carbocycles. The van der Waals surface area contributed by atoms with Crippen molar-refractivity contribution >= 4 is 15.9 Å². The van der Waals surface area contributed by atoms with Gasteiger partial charge in [0, 0.05) is 17.5 Å². The van der Waals surface area contributed by atoms with Crippen LogP contribution in [0.25, 0.3) is 0 Å². The maximum Gasteiger partial charge on any atom is 0.131 e. The van der Waals surface area contributed by atoms with Gasteiger partial charge in [0.1, 0.15) is 5.82 Å². The van der Waals surface area contributed by atoms with Crippen molar-refractivity contribution in [3.8, 4) is 0 Å². The maximum atomic E-state index is 5.65. The van der Waals surface area contributed by atoms with E-state index < -0.39 is 0 Å². The molecule has 2 N–H and O–H groups in total. The van der Waals surface area contributed by atoms with Crippen molar-refractivity contribution in [2.24, 2.45) is 5.73 Å². The minimum absolute atomic E-state index is 0.0141. The Labute approximate surface area is 105 Å². The fraction of sp³-hybridized carbons (Fsp3) is 0.667. The van der Waals surface area contributed by atoms with E-state index in [0.717, 1.165) is 22.4 Å². The second-order valence-electron chi connectivity index (χ2n) is 5.12. The highest BCUT2D eigenvalue weighted by atomic mass is 79.9. The molecule has 0 atom stereocenters. The third kappa shape index (κ3) is 2.43. The largest absolute Gasteiger partial charge is 0.330 e. The van der Waals surface area contributed by atoms with Crippen molar-refractivity contribution in [1.29, 1.82) is 0 Å². The summed E-state index contributed by atoms with van der Waals surface area (Å²) in [5.41, 5.74) is 6.76. The first-order valence-corrected chi connectivity index (χ1v) is 6.57. The molecule has 0 spiro atoms. The van der Waals surface area contributed by atoms with Gasteiger partial charge in [-0.25, -0.2) is 9.97 Å². The van der Waals surface area contributed by atoms with Gasteiger partial charge in [-0.05, 0) is 41.7 Å². The van der Waals surface area contributed by atoms with Crippen molar-refractivity contribution in [3.63, 3.8) is 0 Å². The summed E-state index contributed by atoms with van der Waals surface area (Å²) in [6, 6.07) is 0. The lowest BCUT2D eigenvalue weighted by Gasteiger charge is -2.24. The summed E-state index contributed by atoms with van der Waals surface area (Å²) < 4.78 is 0.996. The first kappa shape index (κ1) is 12.0. The number of aromatic nitrogens is 2. The molecule has 1 aromatic rings. The lowest BCUT2D eigenvalue weighted by atomic mass is 9.85. The minimum Gasteiger partial charge on any atom is -0.330 e. The summed E-state index contributed by atoms with van der Waals surface area (Å²) in [5.74, 6) is 1.60. The van der Waals surface area contributed by atoms with Crippen molar-refractivity contribution in [2.45, 2.75) is 44.4 Å². The molecule has 1 aromatic heterocycles. The van der Waals surface area contributed by atoms with Crippen LogP contribution in [0.15, 0.2) is 10.7 Å². The molecule has 1 heterocycles. The van der Waals surface area contributed by atoms with Crippen LogP contribution in [-0.2, 0) is 5.41 Å². The molecular formula is C12H18BrN3. The van der Waals surface area contributed by atoms with E-state index in [9.17, 15) is 0 Å². The Balaban J connectivity index is 2.33. The summed E-state index contributed by atoms with van der Waals surface area (Å²) >= 11 is 3.54. The first-order chi connectivity index (χ1) is 7.54. The summed E-state index contributed by atoms with van der Waals surface area (Å²) in [6.07, 6.45) is 5.29. The Morgan fingerprint density at radius 2 is 2.19 bits per heavy atom. The molecule has 1 aliphatic rings. The molecule has 0 saturated heterocycles. The second kappa shape index (κ2) is 4.41. The van der Waals surface area contributed by atoms with Crippen LogP contribution in [0, 0.1) is 0 Å².